The number of aromatic nitrogens is 1. The smallest absolute Gasteiger partial charge is 0.119 e. The Labute approximate surface area is 129 Å². The van der Waals surface area contributed by atoms with E-state index in [-0.39, 0.29) is 6.10 Å². The van der Waals surface area contributed by atoms with Crippen molar-refractivity contribution < 1.29 is 9.84 Å². The Morgan fingerprint density at radius 3 is 2.57 bits per heavy atom. The number of thiazole rings is 1. The van der Waals surface area contributed by atoms with E-state index in [0.717, 1.165) is 22.9 Å². The number of hydrogen-bond donors (Lipinski definition) is 2. The van der Waals surface area contributed by atoms with Crippen molar-refractivity contribution in [2.45, 2.75) is 39.5 Å². The van der Waals surface area contributed by atoms with Crippen LogP contribution in [0, 0.1) is 6.92 Å². The third-order valence-corrected chi connectivity index (χ3v) is 3.86. The highest BCUT2D eigenvalue weighted by molar-refractivity contribution is 7.11. The molecule has 5 heteroatoms. The minimum atomic E-state index is -0.521. The van der Waals surface area contributed by atoms with Gasteiger partial charge >= 0.3 is 0 Å². The van der Waals surface area contributed by atoms with E-state index in [0.29, 0.717) is 6.54 Å². The van der Waals surface area contributed by atoms with E-state index < -0.39 is 6.10 Å². The Kier molecular flexibility index (Phi) is 5.73. The molecule has 2 aromatic rings. The van der Waals surface area contributed by atoms with Gasteiger partial charge in [0.25, 0.3) is 0 Å². The minimum Gasteiger partial charge on any atom is -0.491 e. The van der Waals surface area contributed by atoms with E-state index in [9.17, 15) is 5.11 Å². The number of benzene rings is 1. The number of aliphatic hydroxyl groups is 1. The van der Waals surface area contributed by atoms with E-state index in [1.54, 1.807) is 11.3 Å². The lowest BCUT2D eigenvalue weighted by Gasteiger charge is -2.14. The number of hydrogen-bond acceptors (Lipinski definition) is 5. The van der Waals surface area contributed by atoms with Crippen LogP contribution in [0.4, 0.5) is 0 Å². The number of rotatable bonds is 7. The van der Waals surface area contributed by atoms with Crippen molar-refractivity contribution in [1.82, 2.24) is 10.3 Å². The summed E-state index contributed by atoms with van der Waals surface area (Å²) in [5.41, 5.74) is 0.888. The highest BCUT2D eigenvalue weighted by Gasteiger charge is 2.08. The minimum absolute atomic E-state index is 0.158. The Balaban J connectivity index is 1.81. The maximum absolute atomic E-state index is 10.2. The van der Waals surface area contributed by atoms with Crippen LogP contribution >= 0.6 is 11.3 Å². The number of aryl methyl sites for hydroxylation is 1. The molecule has 0 aliphatic rings. The van der Waals surface area contributed by atoms with E-state index in [4.69, 9.17) is 4.74 Å². The van der Waals surface area contributed by atoms with Crippen molar-refractivity contribution in [2.24, 2.45) is 0 Å². The van der Waals surface area contributed by atoms with Crippen LogP contribution in [0.25, 0.3) is 0 Å². The molecule has 1 aromatic heterocycles. The second-order valence-electron chi connectivity index (χ2n) is 5.23. The van der Waals surface area contributed by atoms with Gasteiger partial charge < -0.3 is 15.2 Å². The topological polar surface area (TPSA) is 54.4 Å². The molecule has 1 heterocycles. The molecule has 2 rings (SSSR count). The van der Waals surface area contributed by atoms with Crippen LogP contribution in [-0.2, 0) is 6.54 Å². The van der Waals surface area contributed by atoms with E-state index in [1.165, 1.54) is 4.88 Å². The van der Waals surface area contributed by atoms with Gasteiger partial charge in [-0.3, -0.25) is 0 Å². The number of aliphatic hydroxyl groups excluding tert-OH is 1. The largest absolute Gasteiger partial charge is 0.491 e. The first-order chi connectivity index (χ1) is 10.0. The molecule has 0 radical (unpaired) electrons. The fourth-order valence-electron chi connectivity index (χ4n) is 1.98. The molecule has 0 fully saturated rings. The van der Waals surface area contributed by atoms with Gasteiger partial charge in [0.05, 0.1) is 17.2 Å². The lowest BCUT2D eigenvalue weighted by molar-refractivity contribution is 0.174. The number of ether oxygens (including phenoxy) is 1. The average Bonchev–Trinajstić information content (AvgIpc) is 2.84. The van der Waals surface area contributed by atoms with Gasteiger partial charge in [-0.2, -0.15) is 0 Å². The zero-order valence-corrected chi connectivity index (χ0v) is 13.5. The van der Waals surface area contributed by atoms with E-state index in [2.05, 4.69) is 10.3 Å². The Hall–Kier alpha value is -1.43. The predicted octanol–water partition coefficient (Wildman–Crippen LogP) is 3.06. The molecule has 1 aromatic carbocycles. The van der Waals surface area contributed by atoms with Crippen molar-refractivity contribution in [2.75, 3.05) is 6.54 Å². The van der Waals surface area contributed by atoms with Crippen LogP contribution < -0.4 is 10.1 Å². The van der Waals surface area contributed by atoms with Crippen molar-refractivity contribution in [3.8, 4) is 5.75 Å². The second-order valence-corrected chi connectivity index (χ2v) is 6.55. The van der Waals surface area contributed by atoms with E-state index >= 15 is 0 Å². The Bertz CT molecular complexity index is 552. The summed E-state index contributed by atoms with van der Waals surface area (Å²) in [4.78, 5) is 5.39. The fourth-order valence-corrected chi connectivity index (χ4v) is 2.74. The Morgan fingerprint density at radius 2 is 2.00 bits per heavy atom. The molecule has 4 nitrogen and oxygen atoms in total. The summed E-state index contributed by atoms with van der Waals surface area (Å²) in [6.45, 7) is 7.23. The van der Waals surface area contributed by atoms with Crippen LogP contribution in [0.15, 0.2) is 30.5 Å². The average molecular weight is 306 g/mol. The molecule has 2 N–H and O–H groups in total. The molecule has 0 aliphatic carbocycles. The zero-order valence-electron chi connectivity index (χ0n) is 12.7. The van der Waals surface area contributed by atoms with Crippen molar-refractivity contribution in [1.29, 1.82) is 0 Å². The van der Waals surface area contributed by atoms with Gasteiger partial charge in [0.1, 0.15) is 5.75 Å². The first kappa shape index (κ1) is 15.9. The molecule has 0 saturated carbocycles. The highest BCUT2D eigenvalue weighted by Crippen LogP contribution is 2.18. The summed E-state index contributed by atoms with van der Waals surface area (Å²) < 4.78 is 5.59. The molecule has 0 amide bonds. The van der Waals surface area contributed by atoms with Crippen LogP contribution in [0.5, 0.6) is 5.75 Å². The predicted molar refractivity (Wildman–Crippen MR) is 85.7 cm³/mol. The first-order valence-corrected chi connectivity index (χ1v) is 7.93. The van der Waals surface area contributed by atoms with Crippen LogP contribution in [-0.4, -0.2) is 22.7 Å². The SMILES string of the molecule is Cc1ncc(CNCC(O)c2ccc(OC(C)C)cc2)s1. The summed E-state index contributed by atoms with van der Waals surface area (Å²) in [5.74, 6) is 0.828. The first-order valence-electron chi connectivity index (χ1n) is 7.11. The summed E-state index contributed by atoms with van der Waals surface area (Å²) in [7, 11) is 0. The van der Waals surface area contributed by atoms with Gasteiger partial charge in [0, 0.05) is 24.2 Å². The zero-order chi connectivity index (χ0) is 15.2. The van der Waals surface area contributed by atoms with Gasteiger partial charge in [-0.25, -0.2) is 4.98 Å². The molecular formula is C16H22N2O2S. The van der Waals surface area contributed by atoms with Gasteiger partial charge in [-0.1, -0.05) is 12.1 Å². The summed E-state index contributed by atoms with van der Waals surface area (Å²) in [6.07, 6.45) is 1.51. The number of nitrogens with one attached hydrogen (secondary N) is 1. The summed E-state index contributed by atoms with van der Waals surface area (Å²) in [5, 5.41) is 14.5. The lowest BCUT2D eigenvalue weighted by atomic mass is 10.1. The lowest BCUT2D eigenvalue weighted by Crippen LogP contribution is -2.20. The van der Waals surface area contributed by atoms with Crippen molar-refractivity contribution in [3.05, 3.63) is 45.9 Å². The Morgan fingerprint density at radius 1 is 1.29 bits per heavy atom. The van der Waals surface area contributed by atoms with Crippen molar-refractivity contribution in [3.63, 3.8) is 0 Å². The molecular weight excluding hydrogens is 284 g/mol. The summed E-state index contributed by atoms with van der Waals surface area (Å²) in [6, 6.07) is 7.60. The standard InChI is InChI=1S/C16H22N2O2S/c1-11(2)20-14-6-4-13(5-7-14)16(19)10-17-8-15-9-18-12(3)21-15/h4-7,9,11,16-17,19H,8,10H2,1-3H3. The van der Waals surface area contributed by atoms with Crippen LogP contribution in [0.1, 0.15) is 35.4 Å². The quantitative estimate of drug-likeness (QED) is 0.825. The van der Waals surface area contributed by atoms with Gasteiger partial charge in [-0.15, -0.1) is 11.3 Å². The monoisotopic (exact) mass is 306 g/mol. The van der Waals surface area contributed by atoms with Crippen molar-refractivity contribution >= 4 is 11.3 Å². The van der Waals surface area contributed by atoms with Crippen LogP contribution in [0.2, 0.25) is 0 Å². The molecule has 1 atom stereocenters. The highest BCUT2D eigenvalue weighted by atomic mass is 32.1. The van der Waals surface area contributed by atoms with Gasteiger partial charge in [-0.05, 0) is 38.5 Å². The molecule has 21 heavy (non-hydrogen) atoms. The normalized spacial score (nSPS) is 12.6. The van der Waals surface area contributed by atoms with Crippen LogP contribution in [0.3, 0.4) is 0 Å². The molecule has 0 bridgehead atoms. The van der Waals surface area contributed by atoms with Gasteiger partial charge in [0.2, 0.25) is 0 Å². The molecule has 0 saturated heterocycles. The molecule has 0 aliphatic heterocycles. The third kappa shape index (κ3) is 5.12. The molecule has 114 valence electrons. The van der Waals surface area contributed by atoms with E-state index in [1.807, 2.05) is 51.2 Å². The number of nitrogens with zero attached hydrogens (tertiary/aromatic N) is 1. The molecule has 0 spiro atoms. The fraction of sp³-hybridized carbons (Fsp3) is 0.438. The van der Waals surface area contributed by atoms with Gasteiger partial charge in [0.15, 0.2) is 0 Å². The summed E-state index contributed by atoms with van der Waals surface area (Å²) >= 11 is 1.67. The maximum Gasteiger partial charge on any atom is 0.119 e. The third-order valence-electron chi connectivity index (χ3n) is 2.94. The molecule has 1 unspecified atom stereocenters. The second kappa shape index (κ2) is 7.54. The maximum atomic E-state index is 10.2.